The molecule has 0 bridgehead atoms. The predicted octanol–water partition coefficient (Wildman–Crippen LogP) is 2.44. The number of carbonyl (C=O) groups is 1. The van der Waals surface area contributed by atoms with E-state index in [0.29, 0.717) is 22.6 Å². The number of pyridine rings is 1. The molecular weight excluding hydrogens is 451 g/mol. The summed E-state index contributed by atoms with van der Waals surface area (Å²) in [6.07, 6.45) is 4.33. The van der Waals surface area contributed by atoms with Crippen molar-refractivity contribution < 1.29 is 22.1 Å². The number of halogens is 1. The standard InChI is InChI=1S/C21H19FN6O4S/c1-12-7-15(22)14(19-25-21(32-26-19)13-10-27(11-13)33(2,30)31)8-16(12)24-20(29)17-9-23-18-5-3-4-6-28(17)18/h3-9,13H,10-11H2,1-2H3,(H,24,29). The summed E-state index contributed by atoms with van der Waals surface area (Å²) in [5.41, 5.74) is 1.93. The van der Waals surface area contributed by atoms with Crippen LogP contribution in [0.15, 0.2) is 47.2 Å². The van der Waals surface area contributed by atoms with Crippen LogP contribution in [0.3, 0.4) is 0 Å². The number of hydrogen-bond donors (Lipinski definition) is 1. The first-order chi connectivity index (χ1) is 15.7. The Hall–Kier alpha value is -3.64. The SMILES string of the molecule is Cc1cc(F)c(-c2noc(C3CN(S(C)(=O)=O)C3)n2)cc1NC(=O)c1cnc2ccccn12. The number of aromatic nitrogens is 4. The monoisotopic (exact) mass is 470 g/mol. The highest BCUT2D eigenvalue weighted by Crippen LogP contribution is 2.31. The van der Waals surface area contributed by atoms with Gasteiger partial charge in [0.1, 0.15) is 17.2 Å². The lowest BCUT2D eigenvalue weighted by Gasteiger charge is -2.34. The summed E-state index contributed by atoms with van der Waals surface area (Å²) >= 11 is 0. The van der Waals surface area contributed by atoms with Gasteiger partial charge in [-0.05, 0) is 36.8 Å². The van der Waals surface area contributed by atoms with Crippen molar-refractivity contribution in [3.05, 3.63) is 65.7 Å². The second-order valence-electron chi connectivity index (χ2n) is 7.91. The Morgan fingerprint density at radius 1 is 1.27 bits per heavy atom. The minimum Gasteiger partial charge on any atom is -0.339 e. The summed E-state index contributed by atoms with van der Waals surface area (Å²) in [5, 5.41) is 6.65. The zero-order valence-corrected chi connectivity index (χ0v) is 18.5. The second kappa shape index (κ2) is 7.74. The van der Waals surface area contributed by atoms with Gasteiger partial charge in [-0.25, -0.2) is 22.1 Å². The van der Waals surface area contributed by atoms with Gasteiger partial charge in [0.2, 0.25) is 21.7 Å². The molecule has 0 radical (unpaired) electrons. The van der Waals surface area contributed by atoms with E-state index in [9.17, 15) is 17.6 Å². The van der Waals surface area contributed by atoms with Crippen LogP contribution >= 0.6 is 0 Å². The van der Waals surface area contributed by atoms with Gasteiger partial charge in [0.05, 0.1) is 23.9 Å². The van der Waals surface area contributed by atoms with Crippen LogP contribution in [-0.4, -0.2) is 57.5 Å². The first kappa shape index (κ1) is 21.2. The van der Waals surface area contributed by atoms with Crippen molar-refractivity contribution in [3.8, 4) is 11.4 Å². The van der Waals surface area contributed by atoms with Crippen LogP contribution in [-0.2, 0) is 10.0 Å². The minimum atomic E-state index is -3.28. The molecule has 0 saturated carbocycles. The van der Waals surface area contributed by atoms with Gasteiger partial charge < -0.3 is 9.84 Å². The summed E-state index contributed by atoms with van der Waals surface area (Å²) in [6, 6.07) is 8.12. The summed E-state index contributed by atoms with van der Waals surface area (Å²) in [7, 11) is -3.28. The van der Waals surface area contributed by atoms with E-state index in [-0.39, 0.29) is 36.3 Å². The fourth-order valence-electron chi connectivity index (χ4n) is 3.64. The summed E-state index contributed by atoms with van der Waals surface area (Å²) in [4.78, 5) is 21.3. The molecule has 4 aromatic rings. The van der Waals surface area contributed by atoms with Gasteiger partial charge in [-0.2, -0.15) is 4.98 Å². The molecule has 1 saturated heterocycles. The lowest BCUT2D eigenvalue weighted by atomic mass is 10.0. The molecule has 1 fully saturated rings. The van der Waals surface area contributed by atoms with E-state index in [1.165, 1.54) is 22.6 Å². The van der Waals surface area contributed by atoms with Gasteiger partial charge in [0, 0.05) is 25.0 Å². The fraction of sp³-hybridized carbons (Fsp3) is 0.238. The topological polar surface area (TPSA) is 123 Å². The quantitative estimate of drug-likeness (QED) is 0.475. The van der Waals surface area contributed by atoms with E-state index in [1.54, 1.807) is 29.7 Å². The molecule has 170 valence electrons. The molecule has 1 aromatic carbocycles. The molecule has 3 aromatic heterocycles. The van der Waals surface area contributed by atoms with E-state index in [2.05, 4.69) is 20.4 Å². The maximum absolute atomic E-state index is 14.7. The average Bonchev–Trinajstić information content (AvgIpc) is 3.35. The molecule has 0 spiro atoms. The lowest BCUT2D eigenvalue weighted by Crippen LogP contribution is -2.47. The number of nitrogens with zero attached hydrogens (tertiary/aromatic N) is 5. The third-order valence-corrected chi connectivity index (χ3v) is 6.80. The van der Waals surface area contributed by atoms with Gasteiger partial charge in [-0.1, -0.05) is 11.2 Å². The first-order valence-electron chi connectivity index (χ1n) is 10.0. The molecule has 10 nitrogen and oxygen atoms in total. The number of benzene rings is 1. The Morgan fingerprint density at radius 2 is 2.06 bits per heavy atom. The van der Waals surface area contributed by atoms with Crippen LogP contribution in [0, 0.1) is 12.7 Å². The first-order valence-corrected chi connectivity index (χ1v) is 11.9. The van der Waals surface area contributed by atoms with E-state index >= 15 is 0 Å². The molecule has 5 rings (SSSR count). The average molecular weight is 470 g/mol. The number of anilines is 1. The molecule has 1 N–H and O–H groups in total. The third kappa shape index (κ3) is 3.87. The minimum absolute atomic E-state index is 0.0191. The molecular formula is C21H19FN6O4S. The largest absolute Gasteiger partial charge is 0.339 e. The van der Waals surface area contributed by atoms with Crippen LogP contribution in [0.25, 0.3) is 17.0 Å². The molecule has 0 atom stereocenters. The molecule has 1 aliphatic heterocycles. The highest BCUT2D eigenvalue weighted by molar-refractivity contribution is 7.88. The molecule has 0 unspecified atom stereocenters. The van der Waals surface area contributed by atoms with E-state index < -0.39 is 21.7 Å². The summed E-state index contributed by atoms with van der Waals surface area (Å²) < 4.78 is 46.0. The maximum Gasteiger partial charge on any atom is 0.274 e. The molecule has 33 heavy (non-hydrogen) atoms. The number of carbonyl (C=O) groups excluding carboxylic acids is 1. The van der Waals surface area contributed by atoms with Crippen molar-refractivity contribution in [1.82, 2.24) is 23.8 Å². The van der Waals surface area contributed by atoms with Gasteiger partial charge in [0.25, 0.3) is 5.91 Å². The van der Waals surface area contributed by atoms with Crippen LogP contribution in [0.1, 0.15) is 27.9 Å². The molecule has 12 heteroatoms. The number of aryl methyl sites for hydroxylation is 1. The van der Waals surface area contributed by atoms with Gasteiger partial charge >= 0.3 is 0 Å². The van der Waals surface area contributed by atoms with Crippen molar-refractivity contribution in [3.63, 3.8) is 0 Å². The number of rotatable bonds is 5. The second-order valence-corrected chi connectivity index (χ2v) is 9.89. The Labute approximate surface area is 188 Å². The Balaban J connectivity index is 1.39. The Kier molecular flexibility index (Phi) is 4.98. The third-order valence-electron chi connectivity index (χ3n) is 5.56. The van der Waals surface area contributed by atoms with Gasteiger partial charge in [-0.3, -0.25) is 9.20 Å². The van der Waals surface area contributed by atoms with Crippen molar-refractivity contribution in [2.75, 3.05) is 24.7 Å². The van der Waals surface area contributed by atoms with Gasteiger partial charge in [-0.15, -0.1) is 0 Å². The maximum atomic E-state index is 14.7. The lowest BCUT2D eigenvalue weighted by molar-refractivity contribution is 0.102. The highest BCUT2D eigenvalue weighted by atomic mass is 32.2. The van der Waals surface area contributed by atoms with Crippen LogP contribution in [0.2, 0.25) is 0 Å². The molecule has 0 aliphatic carbocycles. The summed E-state index contributed by atoms with van der Waals surface area (Å²) in [6.45, 7) is 2.14. The molecule has 4 heterocycles. The normalized spacial score (nSPS) is 15.0. The molecule has 1 amide bonds. The number of nitrogens with one attached hydrogen (secondary N) is 1. The van der Waals surface area contributed by atoms with Crippen molar-refractivity contribution in [1.29, 1.82) is 0 Å². The smallest absolute Gasteiger partial charge is 0.274 e. The van der Waals surface area contributed by atoms with Crippen LogP contribution in [0.5, 0.6) is 0 Å². The number of sulfonamides is 1. The number of fused-ring (bicyclic) bond motifs is 1. The van der Waals surface area contributed by atoms with E-state index in [0.717, 1.165) is 6.26 Å². The van der Waals surface area contributed by atoms with Crippen molar-refractivity contribution >= 4 is 27.3 Å². The van der Waals surface area contributed by atoms with Gasteiger partial charge in [0.15, 0.2) is 0 Å². The fourth-order valence-corrected chi connectivity index (χ4v) is 4.54. The van der Waals surface area contributed by atoms with Crippen LogP contribution in [0.4, 0.5) is 10.1 Å². The highest BCUT2D eigenvalue weighted by Gasteiger charge is 2.37. The number of imidazole rings is 1. The predicted molar refractivity (Wildman–Crippen MR) is 117 cm³/mol. The van der Waals surface area contributed by atoms with Crippen molar-refractivity contribution in [2.45, 2.75) is 12.8 Å². The zero-order chi connectivity index (χ0) is 23.3. The van der Waals surface area contributed by atoms with Crippen molar-refractivity contribution in [2.24, 2.45) is 0 Å². The Bertz CT molecular complexity index is 1490. The zero-order valence-electron chi connectivity index (χ0n) is 17.7. The summed E-state index contributed by atoms with van der Waals surface area (Å²) in [5.74, 6) is -0.965. The van der Waals surface area contributed by atoms with E-state index in [1.807, 2.05) is 6.07 Å². The van der Waals surface area contributed by atoms with E-state index in [4.69, 9.17) is 4.52 Å². The molecule has 1 aliphatic rings. The number of hydrogen-bond acceptors (Lipinski definition) is 7. The van der Waals surface area contributed by atoms with Crippen LogP contribution < -0.4 is 5.32 Å². The number of amides is 1. The Morgan fingerprint density at radius 3 is 2.82 bits per heavy atom.